The number of carboxylic acid groups (broad SMARTS) is 1. The second-order valence-electron chi connectivity index (χ2n) is 3.02. The molecule has 1 rings (SSSR count). The summed E-state index contributed by atoms with van der Waals surface area (Å²) in [7, 11) is 0. The molecule has 0 radical (unpaired) electrons. The van der Waals surface area contributed by atoms with Gasteiger partial charge in [-0.3, -0.25) is 4.68 Å². The normalized spacial score (nSPS) is 10.8. The lowest BCUT2D eigenvalue weighted by atomic mass is 10.3. The molecule has 0 aliphatic rings. The summed E-state index contributed by atoms with van der Waals surface area (Å²) >= 11 is 0. The van der Waals surface area contributed by atoms with Gasteiger partial charge < -0.3 is 10.2 Å². The van der Waals surface area contributed by atoms with Crippen molar-refractivity contribution in [1.29, 1.82) is 0 Å². The number of carboxylic acids is 1. The molecule has 5 nitrogen and oxygen atoms in total. The van der Waals surface area contributed by atoms with Crippen molar-refractivity contribution in [3.63, 3.8) is 0 Å². The molecule has 0 aliphatic heterocycles. The summed E-state index contributed by atoms with van der Waals surface area (Å²) in [6, 6.07) is 1.36. The largest absolute Gasteiger partial charge is 0.477 e. The van der Waals surface area contributed by atoms with Crippen LogP contribution in [0.1, 0.15) is 36.1 Å². The zero-order valence-electron chi connectivity index (χ0n) is 7.56. The third-order valence-corrected chi connectivity index (χ3v) is 1.66. The quantitative estimate of drug-likeness (QED) is 0.723. The molecular weight excluding hydrogens is 172 g/mol. The van der Waals surface area contributed by atoms with Crippen LogP contribution in [0.4, 0.5) is 0 Å². The Morgan fingerprint density at radius 3 is 2.62 bits per heavy atom. The van der Waals surface area contributed by atoms with Crippen molar-refractivity contribution in [3.8, 4) is 0 Å². The number of aromatic carboxylic acids is 1. The van der Waals surface area contributed by atoms with Crippen LogP contribution in [0, 0.1) is 0 Å². The maximum absolute atomic E-state index is 10.7. The minimum absolute atomic E-state index is 0.0219. The van der Waals surface area contributed by atoms with Gasteiger partial charge in [-0.05, 0) is 19.9 Å². The lowest BCUT2D eigenvalue weighted by Gasteiger charge is -2.06. The number of nitrogens with zero attached hydrogens (tertiary/aromatic N) is 2. The fraction of sp³-hybridized carbons (Fsp3) is 0.500. The summed E-state index contributed by atoms with van der Waals surface area (Å²) in [6.07, 6.45) is 0. The highest BCUT2D eigenvalue weighted by atomic mass is 16.4. The van der Waals surface area contributed by atoms with E-state index in [1.807, 2.05) is 13.8 Å². The molecule has 0 bridgehead atoms. The first-order chi connectivity index (χ1) is 6.06. The van der Waals surface area contributed by atoms with Crippen LogP contribution in [-0.2, 0) is 6.61 Å². The van der Waals surface area contributed by atoms with E-state index in [1.165, 1.54) is 10.7 Å². The maximum atomic E-state index is 10.7. The van der Waals surface area contributed by atoms with Gasteiger partial charge in [-0.2, -0.15) is 5.10 Å². The number of carbonyl (C=O) groups is 1. The Balaban J connectivity index is 3.15. The van der Waals surface area contributed by atoms with Crippen molar-refractivity contribution in [2.45, 2.75) is 26.5 Å². The number of aliphatic hydroxyl groups is 1. The fourth-order valence-electron chi connectivity index (χ4n) is 1.08. The molecule has 13 heavy (non-hydrogen) atoms. The Hall–Kier alpha value is -1.36. The van der Waals surface area contributed by atoms with Crippen LogP contribution in [0.3, 0.4) is 0 Å². The molecule has 0 fully saturated rings. The van der Waals surface area contributed by atoms with Gasteiger partial charge in [0.2, 0.25) is 0 Å². The summed E-state index contributed by atoms with van der Waals surface area (Å²) in [5.41, 5.74) is 0.491. The van der Waals surface area contributed by atoms with Crippen molar-refractivity contribution >= 4 is 5.97 Å². The third kappa shape index (κ3) is 1.86. The Morgan fingerprint density at radius 2 is 2.31 bits per heavy atom. The molecule has 5 heteroatoms. The van der Waals surface area contributed by atoms with Crippen molar-refractivity contribution in [1.82, 2.24) is 9.78 Å². The van der Waals surface area contributed by atoms with Crippen LogP contribution in [0.5, 0.6) is 0 Å². The monoisotopic (exact) mass is 184 g/mol. The van der Waals surface area contributed by atoms with E-state index in [0.717, 1.165) is 0 Å². The lowest BCUT2D eigenvalue weighted by Crippen LogP contribution is -2.11. The first kappa shape index (κ1) is 9.73. The molecule has 72 valence electrons. The highest BCUT2D eigenvalue weighted by molar-refractivity contribution is 5.85. The zero-order chi connectivity index (χ0) is 10.0. The molecule has 1 heterocycles. The smallest absolute Gasteiger partial charge is 0.354 e. The maximum Gasteiger partial charge on any atom is 0.354 e. The van der Waals surface area contributed by atoms with Gasteiger partial charge in [0, 0.05) is 6.04 Å². The third-order valence-electron chi connectivity index (χ3n) is 1.66. The molecular formula is C8H12N2O3. The molecule has 0 aromatic carbocycles. The summed E-state index contributed by atoms with van der Waals surface area (Å²) < 4.78 is 1.38. The van der Waals surface area contributed by atoms with Crippen LogP contribution >= 0.6 is 0 Å². The molecule has 0 saturated heterocycles. The standard InChI is InChI=1S/C8H12N2O3/c1-5(2)10-7(8(12)13)3-6(4-11)9-10/h3,5,11H,4H2,1-2H3,(H,12,13). The first-order valence-corrected chi connectivity index (χ1v) is 3.98. The zero-order valence-corrected chi connectivity index (χ0v) is 7.56. The van der Waals surface area contributed by atoms with E-state index in [2.05, 4.69) is 5.10 Å². The van der Waals surface area contributed by atoms with E-state index in [1.54, 1.807) is 0 Å². The molecule has 1 aromatic rings. The van der Waals surface area contributed by atoms with E-state index in [-0.39, 0.29) is 18.3 Å². The topological polar surface area (TPSA) is 75.3 Å². The average molecular weight is 184 g/mol. The van der Waals surface area contributed by atoms with Crippen LogP contribution in [0.25, 0.3) is 0 Å². The molecule has 0 spiro atoms. The van der Waals surface area contributed by atoms with E-state index >= 15 is 0 Å². The molecule has 1 aromatic heterocycles. The molecule has 0 saturated carbocycles. The Kier molecular flexibility index (Phi) is 2.67. The number of rotatable bonds is 3. The van der Waals surface area contributed by atoms with Gasteiger partial charge in [0.05, 0.1) is 12.3 Å². The number of aliphatic hydroxyl groups excluding tert-OH is 1. The van der Waals surface area contributed by atoms with Gasteiger partial charge in [-0.1, -0.05) is 0 Å². The van der Waals surface area contributed by atoms with Crippen LogP contribution in [0.15, 0.2) is 6.07 Å². The van der Waals surface area contributed by atoms with Crippen molar-refractivity contribution < 1.29 is 15.0 Å². The van der Waals surface area contributed by atoms with Gasteiger partial charge in [0.15, 0.2) is 0 Å². The highest BCUT2D eigenvalue weighted by Crippen LogP contribution is 2.11. The van der Waals surface area contributed by atoms with Gasteiger partial charge >= 0.3 is 5.97 Å². The predicted octanol–water partition coefficient (Wildman–Crippen LogP) is 0.654. The summed E-state index contributed by atoms with van der Waals surface area (Å²) in [5.74, 6) is -1.03. The molecule has 2 N–H and O–H groups in total. The predicted molar refractivity (Wildman–Crippen MR) is 45.5 cm³/mol. The molecule has 0 aliphatic carbocycles. The first-order valence-electron chi connectivity index (χ1n) is 3.98. The van der Waals surface area contributed by atoms with Crippen LogP contribution in [0.2, 0.25) is 0 Å². The highest BCUT2D eigenvalue weighted by Gasteiger charge is 2.15. The number of hydrogen-bond donors (Lipinski definition) is 2. The second-order valence-corrected chi connectivity index (χ2v) is 3.02. The minimum Gasteiger partial charge on any atom is -0.477 e. The van der Waals surface area contributed by atoms with Gasteiger partial charge in [-0.25, -0.2) is 4.79 Å². The average Bonchev–Trinajstić information content (AvgIpc) is 2.47. The molecule has 0 unspecified atom stereocenters. The number of aromatic nitrogens is 2. The van der Waals surface area contributed by atoms with Crippen LogP contribution < -0.4 is 0 Å². The van der Waals surface area contributed by atoms with E-state index in [4.69, 9.17) is 10.2 Å². The summed E-state index contributed by atoms with van der Waals surface area (Å²) in [4.78, 5) is 10.7. The van der Waals surface area contributed by atoms with Crippen molar-refractivity contribution in [2.24, 2.45) is 0 Å². The van der Waals surface area contributed by atoms with E-state index in [9.17, 15) is 4.79 Å². The van der Waals surface area contributed by atoms with Gasteiger partial charge in [0.1, 0.15) is 5.69 Å². The van der Waals surface area contributed by atoms with Crippen LogP contribution in [-0.4, -0.2) is 26.0 Å². The second kappa shape index (κ2) is 3.57. The molecule has 0 amide bonds. The SMILES string of the molecule is CC(C)n1nc(CO)cc1C(=O)O. The summed E-state index contributed by atoms with van der Waals surface area (Å²) in [6.45, 7) is 3.43. The van der Waals surface area contributed by atoms with E-state index < -0.39 is 5.97 Å². The lowest BCUT2D eigenvalue weighted by molar-refractivity contribution is 0.0681. The molecule has 0 atom stereocenters. The Morgan fingerprint density at radius 1 is 1.69 bits per heavy atom. The van der Waals surface area contributed by atoms with Gasteiger partial charge in [-0.15, -0.1) is 0 Å². The Labute approximate surface area is 75.6 Å². The van der Waals surface area contributed by atoms with Crippen molar-refractivity contribution in [3.05, 3.63) is 17.5 Å². The van der Waals surface area contributed by atoms with Crippen molar-refractivity contribution in [2.75, 3.05) is 0 Å². The number of hydrogen-bond acceptors (Lipinski definition) is 3. The Bertz CT molecular complexity index is 317. The minimum atomic E-state index is -1.03. The van der Waals surface area contributed by atoms with E-state index in [0.29, 0.717) is 5.69 Å². The summed E-state index contributed by atoms with van der Waals surface area (Å²) in [5, 5.41) is 21.5. The van der Waals surface area contributed by atoms with Gasteiger partial charge in [0.25, 0.3) is 0 Å². The fourth-order valence-corrected chi connectivity index (χ4v) is 1.08.